The highest BCUT2D eigenvalue weighted by Crippen LogP contribution is 2.23. The van der Waals surface area contributed by atoms with E-state index in [1.54, 1.807) is 6.92 Å². The molecule has 2 saturated heterocycles. The average molecular weight is 354 g/mol. The van der Waals surface area contributed by atoms with Gasteiger partial charge < -0.3 is 50.0 Å². The lowest BCUT2D eigenvalue weighted by Gasteiger charge is -2.41. The normalized spacial score (nSPS) is 50.0. The molecule has 10 heteroatoms. The maximum absolute atomic E-state index is 9.88. The molecule has 0 radical (unpaired) electrons. The van der Waals surface area contributed by atoms with E-state index < -0.39 is 67.6 Å². The molecule has 0 aliphatic carbocycles. The standard InChI is InChI=1S/C14H26O10/c1-5-9(16)13(20)11(18)7(23-5)3-22-4-8-12(19)14(21)10(17)6(2-15)24-8/h5-21H,2-4H2,1H3. The van der Waals surface area contributed by atoms with Gasteiger partial charge in [0.1, 0.15) is 54.9 Å². The van der Waals surface area contributed by atoms with Gasteiger partial charge in [0.05, 0.1) is 25.9 Å². The van der Waals surface area contributed by atoms with Gasteiger partial charge in [0.2, 0.25) is 0 Å². The molecule has 0 bridgehead atoms. The minimum atomic E-state index is -1.49. The second-order valence-corrected chi connectivity index (χ2v) is 6.26. The Hall–Kier alpha value is -0.400. The third kappa shape index (κ3) is 4.05. The molecule has 10 nitrogen and oxygen atoms in total. The van der Waals surface area contributed by atoms with Crippen molar-refractivity contribution in [3.63, 3.8) is 0 Å². The van der Waals surface area contributed by atoms with E-state index in [0.29, 0.717) is 0 Å². The van der Waals surface area contributed by atoms with E-state index in [-0.39, 0.29) is 13.2 Å². The predicted molar refractivity (Wildman–Crippen MR) is 76.9 cm³/mol. The quantitative estimate of drug-likeness (QED) is 0.256. The van der Waals surface area contributed by atoms with E-state index in [4.69, 9.17) is 19.3 Å². The third-order valence-electron chi connectivity index (χ3n) is 4.51. The van der Waals surface area contributed by atoms with Crippen LogP contribution >= 0.6 is 0 Å². The van der Waals surface area contributed by atoms with E-state index >= 15 is 0 Å². The van der Waals surface area contributed by atoms with Crippen LogP contribution in [0.15, 0.2) is 0 Å². The van der Waals surface area contributed by atoms with Gasteiger partial charge in [0.25, 0.3) is 0 Å². The lowest BCUT2D eigenvalue weighted by atomic mass is 9.95. The fourth-order valence-corrected chi connectivity index (χ4v) is 2.89. The molecule has 142 valence electrons. The molecular formula is C14H26O10. The molecule has 10 unspecified atom stereocenters. The first-order valence-corrected chi connectivity index (χ1v) is 7.85. The van der Waals surface area contributed by atoms with Crippen LogP contribution in [0.5, 0.6) is 0 Å². The molecule has 0 saturated carbocycles. The number of rotatable bonds is 5. The van der Waals surface area contributed by atoms with Crippen LogP contribution in [0.1, 0.15) is 6.92 Å². The summed E-state index contributed by atoms with van der Waals surface area (Å²) in [4.78, 5) is 0. The Bertz CT molecular complexity index is 394. The second-order valence-electron chi connectivity index (χ2n) is 6.26. The highest BCUT2D eigenvalue weighted by atomic mass is 16.6. The van der Waals surface area contributed by atoms with E-state index in [0.717, 1.165) is 0 Å². The summed E-state index contributed by atoms with van der Waals surface area (Å²) in [5, 5.41) is 67.5. The number of ether oxygens (including phenoxy) is 3. The van der Waals surface area contributed by atoms with Gasteiger partial charge in [-0.2, -0.15) is 0 Å². The Morgan fingerprint density at radius 2 is 1.12 bits per heavy atom. The molecule has 2 fully saturated rings. The van der Waals surface area contributed by atoms with E-state index in [1.165, 1.54) is 0 Å². The average Bonchev–Trinajstić information content (AvgIpc) is 2.57. The van der Waals surface area contributed by atoms with Crippen LogP contribution in [-0.4, -0.2) is 117 Å². The van der Waals surface area contributed by atoms with Crippen molar-refractivity contribution in [1.82, 2.24) is 0 Å². The summed E-state index contributed by atoms with van der Waals surface area (Å²) in [6.07, 6.45) is -11.8. The van der Waals surface area contributed by atoms with E-state index in [1.807, 2.05) is 0 Å². The molecule has 24 heavy (non-hydrogen) atoms. The summed E-state index contributed by atoms with van der Waals surface area (Å²) in [5.74, 6) is 0. The van der Waals surface area contributed by atoms with Crippen molar-refractivity contribution >= 4 is 0 Å². The lowest BCUT2D eigenvalue weighted by molar-refractivity contribution is -0.250. The van der Waals surface area contributed by atoms with Crippen LogP contribution in [-0.2, 0) is 14.2 Å². The van der Waals surface area contributed by atoms with Crippen LogP contribution in [0.4, 0.5) is 0 Å². The molecule has 0 aromatic carbocycles. The molecule has 0 aromatic rings. The van der Waals surface area contributed by atoms with Crippen LogP contribution in [0, 0.1) is 0 Å². The molecule has 7 N–H and O–H groups in total. The van der Waals surface area contributed by atoms with Gasteiger partial charge in [-0.25, -0.2) is 0 Å². The summed E-state index contributed by atoms with van der Waals surface area (Å²) in [6.45, 7) is 0.670. The summed E-state index contributed by atoms with van der Waals surface area (Å²) in [6, 6.07) is 0. The highest BCUT2D eigenvalue weighted by Gasteiger charge is 2.44. The number of hydrogen-bond acceptors (Lipinski definition) is 10. The lowest BCUT2D eigenvalue weighted by Crippen LogP contribution is -2.60. The maximum Gasteiger partial charge on any atom is 0.111 e. The van der Waals surface area contributed by atoms with Crippen LogP contribution in [0.2, 0.25) is 0 Å². The van der Waals surface area contributed by atoms with Crippen LogP contribution in [0.25, 0.3) is 0 Å². The minimum Gasteiger partial charge on any atom is -0.394 e. The van der Waals surface area contributed by atoms with Crippen molar-refractivity contribution in [2.45, 2.75) is 68.0 Å². The van der Waals surface area contributed by atoms with Gasteiger partial charge in [-0.05, 0) is 6.92 Å². The number of aliphatic hydroxyl groups excluding tert-OH is 7. The minimum absolute atomic E-state index is 0.149. The predicted octanol–water partition coefficient (Wildman–Crippen LogP) is -4.28. The van der Waals surface area contributed by atoms with Crippen LogP contribution < -0.4 is 0 Å². The van der Waals surface area contributed by atoms with Gasteiger partial charge >= 0.3 is 0 Å². The molecule has 2 aliphatic heterocycles. The van der Waals surface area contributed by atoms with Crippen molar-refractivity contribution in [2.75, 3.05) is 19.8 Å². The zero-order chi connectivity index (χ0) is 18.0. The van der Waals surface area contributed by atoms with Gasteiger partial charge in [-0.15, -0.1) is 0 Å². The first kappa shape index (κ1) is 19.9. The molecule has 0 amide bonds. The summed E-state index contributed by atoms with van der Waals surface area (Å²) < 4.78 is 16.0. The summed E-state index contributed by atoms with van der Waals surface area (Å²) >= 11 is 0. The van der Waals surface area contributed by atoms with Gasteiger partial charge in [0.15, 0.2) is 0 Å². The van der Waals surface area contributed by atoms with E-state index in [2.05, 4.69) is 0 Å². The Kier molecular flexibility index (Phi) is 6.90. The zero-order valence-electron chi connectivity index (χ0n) is 13.3. The van der Waals surface area contributed by atoms with Crippen LogP contribution in [0.3, 0.4) is 0 Å². The van der Waals surface area contributed by atoms with Gasteiger partial charge in [-0.3, -0.25) is 0 Å². The van der Waals surface area contributed by atoms with Crippen molar-refractivity contribution in [2.24, 2.45) is 0 Å². The zero-order valence-corrected chi connectivity index (χ0v) is 13.3. The molecule has 0 aromatic heterocycles. The molecule has 2 heterocycles. The van der Waals surface area contributed by atoms with Crippen molar-refractivity contribution < 1.29 is 50.0 Å². The maximum atomic E-state index is 9.88. The molecule has 10 atom stereocenters. The van der Waals surface area contributed by atoms with Gasteiger partial charge in [-0.1, -0.05) is 0 Å². The summed E-state index contributed by atoms with van der Waals surface area (Å²) in [5.41, 5.74) is 0. The van der Waals surface area contributed by atoms with Crippen molar-refractivity contribution in [1.29, 1.82) is 0 Å². The van der Waals surface area contributed by atoms with Crippen molar-refractivity contribution in [3.05, 3.63) is 0 Å². The monoisotopic (exact) mass is 354 g/mol. The number of aliphatic hydroxyl groups is 7. The number of hydrogen-bond donors (Lipinski definition) is 7. The summed E-state index contributed by atoms with van der Waals surface area (Å²) in [7, 11) is 0. The second kappa shape index (κ2) is 8.32. The SMILES string of the molecule is CC1OC(COCC2OC(CO)C(O)C(O)C2O)C(O)C(O)C1O. The Balaban J connectivity index is 1.85. The topological polar surface area (TPSA) is 169 Å². The molecule has 2 aliphatic rings. The fourth-order valence-electron chi connectivity index (χ4n) is 2.89. The highest BCUT2D eigenvalue weighted by molar-refractivity contribution is 4.93. The third-order valence-corrected chi connectivity index (χ3v) is 4.51. The first-order valence-electron chi connectivity index (χ1n) is 7.85. The first-order chi connectivity index (χ1) is 11.3. The fraction of sp³-hybridized carbons (Fsp3) is 1.00. The Morgan fingerprint density at radius 1 is 0.667 bits per heavy atom. The van der Waals surface area contributed by atoms with E-state index in [9.17, 15) is 30.6 Å². The Morgan fingerprint density at radius 3 is 1.67 bits per heavy atom. The smallest absolute Gasteiger partial charge is 0.111 e. The Labute approximate surface area is 138 Å². The molecule has 0 spiro atoms. The molecule has 2 rings (SSSR count). The van der Waals surface area contributed by atoms with Gasteiger partial charge in [0, 0.05) is 0 Å². The molecular weight excluding hydrogens is 328 g/mol. The largest absolute Gasteiger partial charge is 0.394 e. The van der Waals surface area contributed by atoms with Crippen molar-refractivity contribution in [3.8, 4) is 0 Å².